The normalized spacial score (nSPS) is 16.7. The SMILES string of the molecule is CCCC(C)COC(CN)C(C)(C)C. The maximum atomic E-state index is 5.85. The second kappa shape index (κ2) is 6.41. The Hall–Kier alpha value is -0.0800. The second-order valence-corrected chi connectivity index (χ2v) is 5.32. The Kier molecular flexibility index (Phi) is 6.38. The van der Waals surface area contributed by atoms with Crippen LogP contribution in [0.5, 0.6) is 0 Å². The van der Waals surface area contributed by atoms with E-state index in [1.54, 1.807) is 0 Å². The van der Waals surface area contributed by atoms with Crippen LogP contribution in [0.4, 0.5) is 0 Å². The lowest BCUT2D eigenvalue weighted by Gasteiger charge is -2.30. The number of nitrogens with two attached hydrogens (primary N) is 1. The van der Waals surface area contributed by atoms with Crippen molar-refractivity contribution in [2.75, 3.05) is 13.2 Å². The molecule has 0 aromatic rings. The van der Waals surface area contributed by atoms with Gasteiger partial charge in [0.2, 0.25) is 0 Å². The van der Waals surface area contributed by atoms with Crippen molar-refractivity contribution in [2.45, 2.75) is 53.6 Å². The van der Waals surface area contributed by atoms with Gasteiger partial charge in [0.15, 0.2) is 0 Å². The highest BCUT2D eigenvalue weighted by Gasteiger charge is 2.24. The lowest BCUT2D eigenvalue weighted by Crippen LogP contribution is -2.37. The van der Waals surface area contributed by atoms with Crippen LogP contribution in [0.3, 0.4) is 0 Å². The van der Waals surface area contributed by atoms with Crippen LogP contribution in [-0.2, 0) is 4.74 Å². The van der Waals surface area contributed by atoms with Gasteiger partial charge in [0.1, 0.15) is 0 Å². The Balaban J connectivity index is 3.84. The summed E-state index contributed by atoms with van der Waals surface area (Å²) >= 11 is 0. The summed E-state index contributed by atoms with van der Waals surface area (Å²) in [6.45, 7) is 12.4. The molecule has 2 nitrogen and oxygen atoms in total. The third-order valence-corrected chi connectivity index (χ3v) is 2.54. The molecule has 0 rings (SSSR count). The maximum Gasteiger partial charge on any atom is 0.0745 e. The zero-order valence-corrected chi connectivity index (χ0v) is 10.5. The lowest BCUT2D eigenvalue weighted by molar-refractivity contribution is -0.0262. The Morgan fingerprint density at radius 1 is 1.29 bits per heavy atom. The van der Waals surface area contributed by atoms with Crippen LogP contribution in [-0.4, -0.2) is 19.3 Å². The molecule has 2 atom stereocenters. The van der Waals surface area contributed by atoms with Crippen molar-refractivity contribution < 1.29 is 4.74 Å². The van der Waals surface area contributed by atoms with Gasteiger partial charge in [0.05, 0.1) is 6.10 Å². The molecule has 0 aromatic carbocycles. The molecule has 0 spiro atoms. The molecule has 0 amide bonds. The highest BCUT2D eigenvalue weighted by atomic mass is 16.5. The van der Waals surface area contributed by atoms with E-state index in [2.05, 4.69) is 34.6 Å². The molecule has 0 saturated carbocycles. The van der Waals surface area contributed by atoms with E-state index < -0.39 is 0 Å². The first kappa shape index (κ1) is 13.9. The van der Waals surface area contributed by atoms with Gasteiger partial charge in [-0.2, -0.15) is 0 Å². The highest BCUT2D eigenvalue weighted by molar-refractivity contribution is 4.75. The average Bonchev–Trinajstić information content (AvgIpc) is 2.03. The molecular formula is C12H27NO. The summed E-state index contributed by atoms with van der Waals surface area (Å²) in [6.07, 6.45) is 2.65. The average molecular weight is 201 g/mol. The van der Waals surface area contributed by atoms with Gasteiger partial charge in [-0.25, -0.2) is 0 Å². The van der Waals surface area contributed by atoms with Gasteiger partial charge in [0.25, 0.3) is 0 Å². The maximum absolute atomic E-state index is 5.85. The molecule has 0 fully saturated rings. The van der Waals surface area contributed by atoms with Crippen molar-refractivity contribution in [1.29, 1.82) is 0 Å². The minimum atomic E-state index is 0.153. The van der Waals surface area contributed by atoms with Crippen molar-refractivity contribution in [2.24, 2.45) is 17.1 Å². The molecule has 0 aliphatic heterocycles. The van der Waals surface area contributed by atoms with Crippen molar-refractivity contribution in [3.05, 3.63) is 0 Å². The number of hydrogen-bond acceptors (Lipinski definition) is 2. The van der Waals surface area contributed by atoms with Crippen molar-refractivity contribution >= 4 is 0 Å². The third-order valence-electron chi connectivity index (χ3n) is 2.54. The predicted octanol–water partition coefficient (Wildman–Crippen LogP) is 2.81. The number of hydrogen-bond donors (Lipinski definition) is 1. The molecule has 2 unspecified atom stereocenters. The summed E-state index contributed by atoms with van der Waals surface area (Å²) in [6, 6.07) is 0. The van der Waals surface area contributed by atoms with Gasteiger partial charge in [-0.3, -0.25) is 0 Å². The largest absolute Gasteiger partial charge is 0.376 e. The number of ether oxygens (including phenoxy) is 1. The molecule has 0 heterocycles. The second-order valence-electron chi connectivity index (χ2n) is 5.32. The zero-order chi connectivity index (χ0) is 11.2. The van der Waals surface area contributed by atoms with Gasteiger partial charge < -0.3 is 10.5 Å². The van der Waals surface area contributed by atoms with E-state index in [1.807, 2.05) is 0 Å². The Morgan fingerprint density at radius 2 is 1.86 bits per heavy atom. The van der Waals surface area contributed by atoms with Crippen LogP contribution < -0.4 is 5.73 Å². The molecule has 0 saturated heterocycles. The van der Waals surface area contributed by atoms with Crippen LogP contribution in [0.2, 0.25) is 0 Å². The quantitative estimate of drug-likeness (QED) is 0.717. The van der Waals surface area contributed by atoms with Crippen LogP contribution in [0.1, 0.15) is 47.5 Å². The monoisotopic (exact) mass is 201 g/mol. The number of rotatable bonds is 6. The topological polar surface area (TPSA) is 35.2 Å². The minimum Gasteiger partial charge on any atom is -0.376 e. The Labute approximate surface area is 89.2 Å². The summed E-state index contributed by atoms with van der Waals surface area (Å²) in [5.74, 6) is 0.649. The van der Waals surface area contributed by atoms with Crippen LogP contribution in [0.15, 0.2) is 0 Å². The van der Waals surface area contributed by atoms with Gasteiger partial charge in [-0.1, -0.05) is 41.0 Å². The standard InChI is InChI=1S/C12H27NO/c1-6-7-10(2)9-14-11(8-13)12(3,4)5/h10-11H,6-9,13H2,1-5H3. The van der Waals surface area contributed by atoms with Crippen LogP contribution in [0.25, 0.3) is 0 Å². The fourth-order valence-electron chi connectivity index (χ4n) is 1.53. The molecule has 0 aliphatic rings. The molecule has 0 aromatic heterocycles. The summed E-state index contributed by atoms with van der Waals surface area (Å²) in [5.41, 5.74) is 5.85. The summed E-state index contributed by atoms with van der Waals surface area (Å²) < 4.78 is 5.85. The molecule has 0 radical (unpaired) electrons. The molecule has 0 bridgehead atoms. The fraction of sp³-hybridized carbons (Fsp3) is 1.00. The minimum absolute atomic E-state index is 0.153. The summed E-state index contributed by atoms with van der Waals surface area (Å²) in [4.78, 5) is 0. The smallest absolute Gasteiger partial charge is 0.0745 e. The van der Waals surface area contributed by atoms with E-state index in [-0.39, 0.29) is 11.5 Å². The zero-order valence-electron chi connectivity index (χ0n) is 10.5. The first-order valence-electron chi connectivity index (χ1n) is 5.73. The molecule has 2 N–H and O–H groups in total. The van der Waals surface area contributed by atoms with Gasteiger partial charge >= 0.3 is 0 Å². The Morgan fingerprint density at radius 3 is 2.21 bits per heavy atom. The fourth-order valence-corrected chi connectivity index (χ4v) is 1.53. The Bertz CT molecular complexity index is 140. The first-order chi connectivity index (χ1) is 6.41. The van der Waals surface area contributed by atoms with Crippen LogP contribution in [0, 0.1) is 11.3 Å². The van der Waals surface area contributed by atoms with E-state index in [4.69, 9.17) is 10.5 Å². The van der Waals surface area contributed by atoms with E-state index in [9.17, 15) is 0 Å². The molecule has 0 aliphatic carbocycles. The molecule has 86 valence electrons. The van der Waals surface area contributed by atoms with Gasteiger partial charge in [-0.05, 0) is 17.8 Å². The van der Waals surface area contributed by atoms with Crippen molar-refractivity contribution in [3.63, 3.8) is 0 Å². The van der Waals surface area contributed by atoms with E-state index in [0.29, 0.717) is 12.5 Å². The molecule has 14 heavy (non-hydrogen) atoms. The van der Waals surface area contributed by atoms with Crippen LogP contribution >= 0.6 is 0 Å². The molecule has 2 heteroatoms. The van der Waals surface area contributed by atoms with E-state index in [1.165, 1.54) is 12.8 Å². The molecular weight excluding hydrogens is 174 g/mol. The summed E-state index contributed by atoms with van der Waals surface area (Å²) in [5, 5.41) is 0. The predicted molar refractivity (Wildman–Crippen MR) is 62.3 cm³/mol. The van der Waals surface area contributed by atoms with Crippen molar-refractivity contribution in [1.82, 2.24) is 0 Å². The van der Waals surface area contributed by atoms with Gasteiger partial charge in [0, 0.05) is 13.2 Å². The van der Waals surface area contributed by atoms with Gasteiger partial charge in [-0.15, -0.1) is 0 Å². The third kappa shape index (κ3) is 5.61. The lowest BCUT2D eigenvalue weighted by atomic mass is 9.89. The van der Waals surface area contributed by atoms with E-state index in [0.717, 1.165) is 6.61 Å². The summed E-state index contributed by atoms with van der Waals surface area (Å²) in [7, 11) is 0. The van der Waals surface area contributed by atoms with E-state index >= 15 is 0 Å². The first-order valence-corrected chi connectivity index (χ1v) is 5.73. The highest BCUT2D eigenvalue weighted by Crippen LogP contribution is 2.22. The van der Waals surface area contributed by atoms with Crippen molar-refractivity contribution in [3.8, 4) is 0 Å².